The molecule has 0 saturated heterocycles. The van der Waals surface area contributed by atoms with Crippen LogP contribution in [0.25, 0.3) is 0 Å². The van der Waals surface area contributed by atoms with E-state index in [1.807, 2.05) is 11.9 Å². The highest BCUT2D eigenvalue weighted by Gasteiger charge is 2.21. The molecule has 0 aromatic heterocycles. The Morgan fingerprint density at radius 2 is 1.81 bits per heavy atom. The third kappa shape index (κ3) is 3.79. The SMILES string of the molecule is CN(Cc1ccc(F)cc1)C(CN)c1c(F)cccc1Cl. The third-order valence-electron chi connectivity index (χ3n) is 3.43. The van der Waals surface area contributed by atoms with E-state index in [9.17, 15) is 8.78 Å². The number of likely N-dealkylation sites (N-methyl/N-ethyl adjacent to an activating group) is 1. The van der Waals surface area contributed by atoms with Crippen LogP contribution in [0.2, 0.25) is 5.02 Å². The Labute approximate surface area is 128 Å². The molecule has 1 unspecified atom stereocenters. The van der Waals surface area contributed by atoms with Crippen LogP contribution in [-0.4, -0.2) is 18.5 Å². The highest BCUT2D eigenvalue weighted by atomic mass is 35.5. The number of nitrogens with two attached hydrogens (primary N) is 1. The van der Waals surface area contributed by atoms with Gasteiger partial charge in [0.05, 0.1) is 6.04 Å². The Morgan fingerprint density at radius 1 is 1.14 bits per heavy atom. The number of halogens is 3. The first-order valence-electron chi connectivity index (χ1n) is 6.61. The summed E-state index contributed by atoms with van der Waals surface area (Å²) in [7, 11) is 1.84. The summed E-state index contributed by atoms with van der Waals surface area (Å²) in [4.78, 5) is 1.90. The Bertz CT molecular complexity index is 581. The quantitative estimate of drug-likeness (QED) is 0.911. The fourth-order valence-corrected chi connectivity index (χ4v) is 2.62. The number of benzene rings is 2. The molecular weight excluding hydrogens is 294 g/mol. The topological polar surface area (TPSA) is 29.3 Å². The minimum atomic E-state index is -0.371. The molecular formula is C16H17ClF2N2. The molecule has 2 aromatic rings. The van der Waals surface area contributed by atoms with Gasteiger partial charge in [0.2, 0.25) is 0 Å². The van der Waals surface area contributed by atoms with Crippen LogP contribution in [-0.2, 0) is 6.54 Å². The second-order valence-corrected chi connectivity index (χ2v) is 5.34. The molecule has 112 valence electrons. The number of rotatable bonds is 5. The van der Waals surface area contributed by atoms with Gasteiger partial charge in [0.15, 0.2) is 0 Å². The fourth-order valence-electron chi connectivity index (χ4n) is 2.34. The lowest BCUT2D eigenvalue weighted by molar-refractivity contribution is 0.237. The molecule has 1 atom stereocenters. The molecule has 0 aliphatic carbocycles. The summed E-state index contributed by atoms with van der Waals surface area (Å²) in [5.74, 6) is -0.655. The van der Waals surface area contributed by atoms with Gasteiger partial charge in [-0.1, -0.05) is 29.8 Å². The smallest absolute Gasteiger partial charge is 0.129 e. The summed E-state index contributed by atoms with van der Waals surface area (Å²) in [5, 5.41) is 0.358. The van der Waals surface area contributed by atoms with E-state index in [4.69, 9.17) is 17.3 Å². The summed E-state index contributed by atoms with van der Waals surface area (Å²) in [6.45, 7) is 0.755. The Hall–Kier alpha value is -1.49. The largest absolute Gasteiger partial charge is 0.329 e. The summed E-state index contributed by atoms with van der Waals surface area (Å²) in [6.07, 6.45) is 0. The summed E-state index contributed by atoms with van der Waals surface area (Å²) < 4.78 is 26.9. The van der Waals surface area contributed by atoms with Gasteiger partial charge in [-0.15, -0.1) is 0 Å². The van der Waals surface area contributed by atoms with Gasteiger partial charge >= 0.3 is 0 Å². The summed E-state index contributed by atoms with van der Waals surface area (Å²) >= 11 is 6.10. The first kappa shape index (κ1) is 15.9. The lowest BCUT2D eigenvalue weighted by atomic mass is 10.0. The monoisotopic (exact) mass is 310 g/mol. The van der Waals surface area contributed by atoms with Crippen LogP contribution < -0.4 is 5.73 Å². The molecule has 2 N–H and O–H groups in total. The van der Waals surface area contributed by atoms with Crippen molar-refractivity contribution in [3.63, 3.8) is 0 Å². The van der Waals surface area contributed by atoms with Crippen LogP contribution in [0.4, 0.5) is 8.78 Å². The number of hydrogen-bond acceptors (Lipinski definition) is 2. The normalized spacial score (nSPS) is 12.7. The molecule has 2 nitrogen and oxygen atoms in total. The highest BCUT2D eigenvalue weighted by molar-refractivity contribution is 6.31. The van der Waals surface area contributed by atoms with Crippen LogP contribution in [0.5, 0.6) is 0 Å². The molecule has 0 saturated carbocycles. The van der Waals surface area contributed by atoms with E-state index in [0.717, 1.165) is 5.56 Å². The molecule has 2 aromatic carbocycles. The molecule has 0 aliphatic heterocycles. The zero-order chi connectivity index (χ0) is 15.4. The van der Waals surface area contributed by atoms with Gasteiger partial charge in [-0.3, -0.25) is 4.90 Å². The van der Waals surface area contributed by atoms with Crippen molar-refractivity contribution in [1.29, 1.82) is 0 Å². The molecule has 0 fully saturated rings. The van der Waals surface area contributed by atoms with Crippen LogP contribution in [0.1, 0.15) is 17.2 Å². The highest BCUT2D eigenvalue weighted by Crippen LogP contribution is 2.29. The van der Waals surface area contributed by atoms with E-state index < -0.39 is 0 Å². The van der Waals surface area contributed by atoms with Crippen molar-refractivity contribution in [2.24, 2.45) is 5.73 Å². The van der Waals surface area contributed by atoms with E-state index in [0.29, 0.717) is 17.1 Å². The molecule has 0 radical (unpaired) electrons. The zero-order valence-electron chi connectivity index (χ0n) is 11.7. The average Bonchev–Trinajstić information content (AvgIpc) is 2.45. The predicted molar refractivity (Wildman–Crippen MR) is 81.1 cm³/mol. The van der Waals surface area contributed by atoms with E-state index in [-0.39, 0.29) is 24.2 Å². The van der Waals surface area contributed by atoms with Gasteiger partial charge in [0, 0.05) is 23.7 Å². The molecule has 0 bridgehead atoms. The molecule has 0 aliphatic rings. The Balaban J connectivity index is 2.22. The van der Waals surface area contributed by atoms with Crippen LogP contribution in [0.15, 0.2) is 42.5 Å². The van der Waals surface area contributed by atoms with E-state index in [1.165, 1.54) is 18.2 Å². The van der Waals surface area contributed by atoms with Crippen molar-refractivity contribution in [2.75, 3.05) is 13.6 Å². The van der Waals surface area contributed by atoms with Crippen molar-refractivity contribution in [2.45, 2.75) is 12.6 Å². The first-order valence-corrected chi connectivity index (χ1v) is 6.99. The lowest BCUT2D eigenvalue weighted by Gasteiger charge is -2.28. The minimum absolute atomic E-state index is 0.234. The molecule has 0 spiro atoms. The van der Waals surface area contributed by atoms with Gasteiger partial charge in [0.25, 0.3) is 0 Å². The molecule has 2 rings (SSSR count). The summed E-state index contributed by atoms with van der Waals surface area (Å²) in [6, 6.07) is 10.4. The molecule has 0 amide bonds. The minimum Gasteiger partial charge on any atom is -0.329 e. The van der Waals surface area contributed by atoms with Crippen molar-refractivity contribution in [3.05, 3.63) is 70.2 Å². The van der Waals surface area contributed by atoms with E-state index in [1.54, 1.807) is 24.3 Å². The van der Waals surface area contributed by atoms with Crippen molar-refractivity contribution >= 4 is 11.6 Å². The second kappa shape index (κ2) is 6.98. The van der Waals surface area contributed by atoms with Crippen LogP contribution in [0.3, 0.4) is 0 Å². The van der Waals surface area contributed by atoms with Crippen molar-refractivity contribution in [3.8, 4) is 0 Å². The number of nitrogens with zero attached hydrogens (tertiary/aromatic N) is 1. The van der Waals surface area contributed by atoms with Gasteiger partial charge in [-0.25, -0.2) is 8.78 Å². The average molecular weight is 311 g/mol. The van der Waals surface area contributed by atoms with E-state index >= 15 is 0 Å². The Morgan fingerprint density at radius 3 is 2.38 bits per heavy atom. The van der Waals surface area contributed by atoms with Crippen molar-refractivity contribution in [1.82, 2.24) is 4.90 Å². The number of hydrogen-bond donors (Lipinski definition) is 1. The van der Waals surface area contributed by atoms with Crippen molar-refractivity contribution < 1.29 is 8.78 Å². The maximum atomic E-state index is 14.0. The predicted octanol–water partition coefficient (Wildman–Crippen LogP) is 3.75. The standard InChI is InChI=1S/C16H17ClF2N2/c1-21(10-11-5-7-12(18)8-6-11)15(9-20)16-13(17)3-2-4-14(16)19/h2-8,15H,9-10,20H2,1H3. The van der Waals surface area contributed by atoms with Gasteiger partial charge in [-0.05, 0) is 36.9 Å². The Kier molecular flexibility index (Phi) is 5.28. The fraction of sp³-hybridized carbons (Fsp3) is 0.250. The second-order valence-electron chi connectivity index (χ2n) is 4.93. The third-order valence-corrected chi connectivity index (χ3v) is 3.76. The van der Waals surface area contributed by atoms with Crippen LogP contribution in [0, 0.1) is 11.6 Å². The molecule has 21 heavy (non-hydrogen) atoms. The van der Waals surface area contributed by atoms with E-state index in [2.05, 4.69) is 0 Å². The zero-order valence-corrected chi connectivity index (χ0v) is 12.4. The van der Waals surface area contributed by atoms with Gasteiger partial charge in [0.1, 0.15) is 11.6 Å². The molecule has 5 heteroatoms. The van der Waals surface area contributed by atoms with Gasteiger partial charge in [-0.2, -0.15) is 0 Å². The lowest BCUT2D eigenvalue weighted by Crippen LogP contribution is -2.31. The maximum Gasteiger partial charge on any atom is 0.129 e. The maximum absolute atomic E-state index is 14.0. The first-order chi connectivity index (χ1) is 10.0. The molecule has 0 heterocycles. The van der Waals surface area contributed by atoms with Gasteiger partial charge < -0.3 is 5.73 Å². The summed E-state index contributed by atoms with van der Waals surface area (Å²) in [5.41, 5.74) is 7.11. The van der Waals surface area contributed by atoms with Crippen LogP contribution >= 0.6 is 11.6 Å².